The molecule has 0 radical (unpaired) electrons. The molecule has 0 atom stereocenters. The topological polar surface area (TPSA) is 63.6 Å². The summed E-state index contributed by atoms with van der Waals surface area (Å²) >= 11 is 0. The zero-order chi connectivity index (χ0) is 15.0. The van der Waals surface area contributed by atoms with Crippen molar-refractivity contribution in [2.75, 3.05) is 6.61 Å². The fraction of sp³-hybridized carbons (Fsp3) is 0.125. The van der Waals surface area contributed by atoms with E-state index in [-0.39, 0.29) is 17.3 Å². The number of aryl methyl sites for hydroxylation is 1. The highest BCUT2D eigenvalue weighted by atomic mass is 32.2. The molecule has 1 aliphatic heterocycles. The molecule has 0 aliphatic carbocycles. The number of benzene rings is 2. The summed E-state index contributed by atoms with van der Waals surface area (Å²) in [6.07, 6.45) is 1.63. The maximum absolute atomic E-state index is 12.4. The van der Waals surface area contributed by atoms with Crippen molar-refractivity contribution in [3.8, 4) is 11.5 Å². The van der Waals surface area contributed by atoms with Gasteiger partial charge in [0.15, 0.2) is 0 Å². The fourth-order valence-corrected chi connectivity index (χ4v) is 3.79. The number of sulfone groups is 1. The van der Waals surface area contributed by atoms with E-state index in [1.165, 1.54) is 12.1 Å². The average Bonchev–Trinajstić information content (AvgIpc) is 2.68. The van der Waals surface area contributed by atoms with Gasteiger partial charge in [-0.05, 0) is 42.3 Å². The van der Waals surface area contributed by atoms with Gasteiger partial charge in [0.2, 0.25) is 9.84 Å². The van der Waals surface area contributed by atoms with Crippen LogP contribution >= 0.6 is 0 Å². The van der Waals surface area contributed by atoms with Crippen LogP contribution in [0.5, 0.6) is 11.5 Å². The first kappa shape index (κ1) is 13.7. The molecule has 0 bridgehead atoms. The van der Waals surface area contributed by atoms with E-state index in [4.69, 9.17) is 4.74 Å². The first-order chi connectivity index (χ1) is 9.96. The van der Waals surface area contributed by atoms with E-state index in [0.717, 1.165) is 5.56 Å². The second kappa shape index (κ2) is 4.93. The van der Waals surface area contributed by atoms with Crippen LogP contribution < -0.4 is 4.74 Å². The standard InChI is InChI=1S/C16H14O4S/c1-11-5-6-12-8-15(21(18,19)16(12)7-11)10-20-14-4-2-3-13(17)9-14/h2-9,17H,10H2,1H3. The number of ether oxygens (including phenoxy) is 1. The number of hydrogen-bond donors (Lipinski definition) is 1. The number of fused-ring (bicyclic) bond motifs is 1. The van der Waals surface area contributed by atoms with Crippen LogP contribution in [0.15, 0.2) is 52.3 Å². The van der Waals surface area contributed by atoms with Crippen molar-refractivity contribution in [2.24, 2.45) is 0 Å². The van der Waals surface area contributed by atoms with Gasteiger partial charge in [-0.2, -0.15) is 0 Å². The van der Waals surface area contributed by atoms with Crippen LogP contribution in [0.4, 0.5) is 0 Å². The zero-order valence-electron chi connectivity index (χ0n) is 11.4. The normalized spacial score (nSPS) is 15.4. The number of phenolic OH excluding ortho intramolecular Hbond substituents is 1. The first-order valence-corrected chi connectivity index (χ1v) is 7.93. The Morgan fingerprint density at radius 2 is 1.95 bits per heavy atom. The molecule has 4 nitrogen and oxygen atoms in total. The van der Waals surface area contributed by atoms with Gasteiger partial charge in [0.25, 0.3) is 0 Å². The molecular formula is C16H14O4S. The van der Waals surface area contributed by atoms with Gasteiger partial charge in [0.1, 0.15) is 18.1 Å². The summed E-state index contributed by atoms with van der Waals surface area (Å²) < 4.78 is 30.3. The molecule has 1 aliphatic rings. The maximum atomic E-state index is 12.4. The maximum Gasteiger partial charge on any atom is 0.206 e. The monoisotopic (exact) mass is 302 g/mol. The van der Waals surface area contributed by atoms with Gasteiger partial charge in [-0.3, -0.25) is 0 Å². The number of rotatable bonds is 3. The molecule has 0 saturated carbocycles. The molecule has 5 heteroatoms. The highest BCUT2D eigenvalue weighted by Gasteiger charge is 2.29. The van der Waals surface area contributed by atoms with E-state index in [1.54, 1.807) is 30.3 Å². The fourth-order valence-electron chi connectivity index (χ4n) is 2.23. The second-order valence-corrected chi connectivity index (χ2v) is 6.91. The molecule has 2 aromatic rings. The minimum atomic E-state index is -3.48. The van der Waals surface area contributed by atoms with Gasteiger partial charge in [-0.25, -0.2) is 8.42 Å². The molecule has 21 heavy (non-hydrogen) atoms. The molecule has 3 rings (SSSR count). The van der Waals surface area contributed by atoms with Crippen LogP contribution in [0.1, 0.15) is 11.1 Å². The summed E-state index contributed by atoms with van der Waals surface area (Å²) in [6.45, 7) is 1.80. The van der Waals surface area contributed by atoms with Crippen LogP contribution in [0.3, 0.4) is 0 Å². The van der Waals surface area contributed by atoms with Gasteiger partial charge < -0.3 is 9.84 Å². The lowest BCUT2D eigenvalue weighted by Crippen LogP contribution is -2.09. The molecule has 0 saturated heterocycles. The highest BCUT2D eigenvalue weighted by molar-refractivity contribution is 7.95. The van der Waals surface area contributed by atoms with Crippen molar-refractivity contribution in [2.45, 2.75) is 11.8 Å². The molecule has 2 aromatic carbocycles. The van der Waals surface area contributed by atoms with Crippen LogP contribution in [0.2, 0.25) is 0 Å². The van der Waals surface area contributed by atoms with Gasteiger partial charge in [0, 0.05) is 6.07 Å². The molecule has 1 heterocycles. The summed E-state index contributed by atoms with van der Waals surface area (Å²) in [5.74, 6) is 0.507. The largest absolute Gasteiger partial charge is 0.508 e. The Kier molecular flexibility index (Phi) is 3.22. The van der Waals surface area contributed by atoms with E-state index >= 15 is 0 Å². The highest BCUT2D eigenvalue weighted by Crippen LogP contribution is 2.33. The lowest BCUT2D eigenvalue weighted by molar-refractivity contribution is 0.356. The first-order valence-electron chi connectivity index (χ1n) is 6.45. The van der Waals surface area contributed by atoms with E-state index in [2.05, 4.69) is 0 Å². The average molecular weight is 302 g/mol. The third-order valence-electron chi connectivity index (χ3n) is 3.32. The Hall–Kier alpha value is -2.27. The number of aromatic hydroxyl groups is 1. The third-order valence-corrected chi connectivity index (χ3v) is 5.18. The molecule has 0 fully saturated rings. The van der Waals surface area contributed by atoms with Crippen molar-refractivity contribution in [1.82, 2.24) is 0 Å². The molecule has 0 aromatic heterocycles. The SMILES string of the molecule is Cc1ccc2c(c1)S(=O)(=O)C(COc1cccc(O)c1)=C2. The molecule has 0 unspecified atom stereocenters. The van der Waals surface area contributed by atoms with Gasteiger partial charge >= 0.3 is 0 Å². The predicted octanol–water partition coefficient (Wildman–Crippen LogP) is 2.91. The van der Waals surface area contributed by atoms with Crippen molar-refractivity contribution in [3.63, 3.8) is 0 Å². The van der Waals surface area contributed by atoms with E-state index < -0.39 is 9.84 Å². The minimum absolute atomic E-state index is 0.0560. The van der Waals surface area contributed by atoms with Gasteiger partial charge in [-0.1, -0.05) is 18.2 Å². The second-order valence-electron chi connectivity index (χ2n) is 4.94. The van der Waals surface area contributed by atoms with E-state index in [9.17, 15) is 13.5 Å². The number of phenols is 1. The quantitative estimate of drug-likeness (QED) is 0.947. The van der Waals surface area contributed by atoms with E-state index in [0.29, 0.717) is 16.2 Å². The summed E-state index contributed by atoms with van der Waals surface area (Å²) in [6, 6.07) is 11.6. The molecule has 0 amide bonds. The van der Waals surface area contributed by atoms with Crippen molar-refractivity contribution in [3.05, 3.63) is 58.5 Å². The van der Waals surface area contributed by atoms with Crippen LogP contribution in [-0.2, 0) is 9.84 Å². The zero-order valence-corrected chi connectivity index (χ0v) is 12.2. The van der Waals surface area contributed by atoms with Crippen LogP contribution in [-0.4, -0.2) is 20.1 Å². The molecular weight excluding hydrogens is 288 g/mol. The molecule has 1 N–H and O–H groups in total. The van der Waals surface area contributed by atoms with E-state index in [1.807, 2.05) is 13.0 Å². The Labute approximate surface area is 123 Å². The molecule has 108 valence electrons. The summed E-state index contributed by atoms with van der Waals surface area (Å²) in [5, 5.41) is 9.37. The smallest absolute Gasteiger partial charge is 0.206 e. The lowest BCUT2D eigenvalue weighted by Gasteiger charge is -2.07. The van der Waals surface area contributed by atoms with Crippen LogP contribution in [0.25, 0.3) is 6.08 Å². The van der Waals surface area contributed by atoms with Gasteiger partial charge in [-0.15, -0.1) is 0 Å². The Balaban J connectivity index is 1.85. The van der Waals surface area contributed by atoms with Crippen molar-refractivity contribution < 1.29 is 18.3 Å². The summed E-state index contributed by atoms with van der Waals surface area (Å²) in [5.41, 5.74) is 1.59. The summed E-state index contributed by atoms with van der Waals surface area (Å²) in [4.78, 5) is 0.559. The summed E-state index contributed by atoms with van der Waals surface area (Å²) in [7, 11) is -3.48. The van der Waals surface area contributed by atoms with Crippen molar-refractivity contribution in [1.29, 1.82) is 0 Å². The third kappa shape index (κ3) is 2.52. The predicted molar refractivity (Wildman–Crippen MR) is 79.9 cm³/mol. The van der Waals surface area contributed by atoms with Gasteiger partial charge in [0.05, 0.1) is 9.80 Å². The van der Waals surface area contributed by atoms with Crippen LogP contribution in [0, 0.1) is 6.92 Å². The molecule has 0 spiro atoms. The lowest BCUT2D eigenvalue weighted by atomic mass is 10.1. The number of hydrogen-bond acceptors (Lipinski definition) is 4. The Morgan fingerprint density at radius 1 is 1.14 bits per heavy atom. The minimum Gasteiger partial charge on any atom is -0.508 e. The van der Waals surface area contributed by atoms with Crippen molar-refractivity contribution >= 4 is 15.9 Å². The Morgan fingerprint density at radius 3 is 2.71 bits per heavy atom. The Bertz CT molecular complexity index is 835.